The van der Waals surface area contributed by atoms with E-state index in [1.165, 1.54) is 10.4 Å². The second kappa shape index (κ2) is 9.26. The molecule has 0 aliphatic carbocycles. The van der Waals surface area contributed by atoms with E-state index < -0.39 is 10.0 Å². The lowest BCUT2D eigenvalue weighted by Crippen LogP contribution is -2.30. The molecule has 0 aliphatic heterocycles. The number of rotatable bonds is 8. The Morgan fingerprint density at radius 1 is 1.15 bits per heavy atom. The third-order valence-corrected chi connectivity index (χ3v) is 5.91. The third kappa shape index (κ3) is 5.24. The maximum atomic E-state index is 12.4. The van der Waals surface area contributed by atoms with Crippen molar-refractivity contribution in [3.63, 3.8) is 0 Å². The van der Waals surface area contributed by atoms with Crippen LogP contribution in [0.4, 0.5) is 0 Å². The first kappa shape index (κ1) is 19.8. The van der Waals surface area contributed by atoms with E-state index >= 15 is 0 Å². The molecule has 0 unspecified atom stereocenters. The lowest BCUT2D eigenvalue weighted by molar-refractivity contribution is -0.116. The van der Waals surface area contributed by atoms with Crippen molar-refractivity contribution in [2.45, 2.75) is 25.3 Å². The van der Waals surface area contributed by atoms with Crippen LogP contribution in [0, 0.1) is 0 Å². The fraction of sp³-hybridized carbons (Fsp3) is 0.263. The van der Waals surface area contributed by atoms with Crippen LogP contribution < -0.4 is 5.32 Å². The fourth-order valence-corrected chi connectivity index (χ4v) is 3.84. The molecule has 1 aromatic heterocycles. The number of nitrogens with zero attached hydrogens (tertiary/aromatic N) is 2. The Morgan fingerprint density at radius 2 is 1.85 bits per heavy atom. The number of nitrogens with one attached hydrogen (secondary N) is 1. The molecule has 0 bridgehead atoms. The standard InChI is InChI=1S/C19H23N3O3S/c1-3-22(4-2)26(24,25)18-10-7-17(8-11-18)15-21-19(23)12-9-16-6-5-13-20-14-16/h5-14H,3-4,15H2,1-2H3,(H,21,23)/b12-9+. The number of hydrogen-bond acceptors (Lipinski definition) is 4. The van der Waals surface area contributed by atoms with Crippen molar-refractivity contribution in [3.8, 4) is 0 Å². The van der Waals surface area contributed by atoms with Crippen LogP contribution in [0.5, 0.6) is 0 Å². The summed E-state index contributed by atoms with van der Waals surface area (Å²) in [4.78, 5) is 16.1. The summed E-state index contributed by atoms with van der Waals surface area (Å²) in [5.74, 6) is -0.228. The van der Waals surface area contributed by atoms with Gasteiger partial charge in [-0.25, -0.2) is 8.42 Å². The van der Waals surface area contributed by atoms with Crippen molar-refractivity contribution < 1.29 is 13.2 Å². The summed E-state index contributed by atoms with van der Waals surface area (Å²) in [6.45, 7) is 4.80. The molecule has 7 heteroatoms. The van der Waals surface area contributed by atoms with Gasteiger partial charge >= 0.3 is 0 Å². The average molecular weight is 373 g/mol. The Morgan fingerprint density at radius 3 is 2.42 bits per heavy atom. The molecule has 138 valence electrons. The average Bonchev–Trinajstić information content (AvgIpc) is 2.66. The fourth-order valence-electron chi connectivity index (χ4n) is 2.39. The molecule has 0 atom stereocenters. The van der Waals surface area contributed by atoms with Gasteiger partial charge in [0.15, 0.2) is 0 Å². The van der Waals surface area contributed by atoms with Crippen LogP contribution >= 0.6 is 0 Å². The molecular weight excluding hydrogens is 350 g/mol. The molecule has 0 saturated heterocycles. The summed E-state index contributed by atoms with van der Waals surface area (Å²) in [5.41, 5.74) is 1.67. The van der Waals surface area contributed by atoms with Gasteiger partial charge in [0.25, 0.3) is 0 Å². The SMILES string of the molecule is CCN(CC)S(=O)(=O)c1ccc(CNC(=O)/C=C/c2cccnc2)cc1. The molecule has 0 saturated carbocycles. The molecule has 1 heterocycles. The smallest absolute Gasteiger partial charge is 0.244 e. The van der Waals surface area contributed by atoms with Crippen molar-refractivity contribution in [1.82, 2.24) is 14.6 Å². The highest BCUT2D eigenvalue weighted by Gasteiger charge is 2.21. The number of sulfonamides is 1. The molecule has 2 aromatic rings. The normalized spacial score (nSPS) is 11.8. The third-order valence-electron chi connectivity index (χ3n) is 3.84. The van der Waals surface area contributed by atoms with Crippen molar-refractivity contribution in [2.24, 2.45) is 0 Å². The monoisotopic (exact) mass is 373 g/mol. The van der Waals surface area contributed by atoms with Crippen LogP contribution in [0.25, 0.3) is 6.08 Å². The molecule has 0 fully saturated rings. The Kier molecular flexibility index (Phi) is 7.06. The molecule has 1 aromatic carbocycles. The molecule has 1 N–H and O–H groups in total. The first-order valence-corrected chi connectivity index (χ1v) is 9.86. The van der Waals surface area contributed by atoms with Gasteiger partial charge in [-0.1, -0.05) is 32.0 Å². The van der Waals surface area contributed by atoms with Crippen LogP contribution in [0.15, 0.2) is 59.8 Å². The number of carbonyl (C=O) groups excluding carboxylic acids is 1. The highest BCUT2D eigenvalue weighted by Crippen LogP contribution is 2.16. The van der Waals surface area contributed by atoms with Crippen molar-refractivity contribution in [3.05, 3.63) is 66.0 Å². The lowest BCUT2D eigenvalue weighted by atomic mass is 10.2. The van der Waals surface area contributed by atoms with E-state index in [1.807, 2.05) is 19.9 Å². The summed E-state index contributed by atoms with van der Waals surface area (Å²) < 4.78 is 26.3. The number of hydrogen-bond donors (Lipinski definition) is 1. The van der Waals surface area contributed by atoms with Gasteiger partial charge in [-0.3, -0.25) is 9.78 Å². The molecule has 6 nitrogen and oxygen atoms in total. The topological polar surface area (TPSA) is 79.4 Å². The maximum Gasteiger partial charge on any atom is 0.244 e. The lowest BCUT2D eigenvalue weighted by Gasteiger charge is -2.18. The van der Waals surface area contributed by atoms with Gasteiger partial charge in [0.2, 0.25) is 15.9 Å². The van der Waals surface area contributed by atoms with E-state index in [4.69, 9.17) is 0 Å². The summed E-state index contributed by atoms with van der Waals surface area (Å²) in [7, 11) is -3.46. The van der Waals surface area contributed by atoms with E-state index in [9.17, 15) is 13.2 Å². The Labute approximate surface area is 154 Å². The van der Waals surface area contributed by atoms with Gasteiger partial charge < -0.3 is 5.32 Å². The summed E-state index contributed by atoms with van der Waals surface area (Å²) in [5, 5.41) is 2.77. The predicted molar refractivity (Wildman–Crippen MR) is 102 cm³/mol. The van der Waals surface area contributed by atoms with Crippen molar-refractivity contribution in [1.29, 1.82) is 0 Å². The van der Waals surface area contributed by atoms with Crippen LogP contribution in [0.2, 0.25) is 0 Å². The predicted octanol–water partition coefficient (Wildman–Crippen LogP) is 2.44. The Balaban J connectivity index is 1.95. The van der Waals surface area contributed by atoms with E-state index in [1.54, 1.807) is 48.8 Å². The van der Waals surface area contributed by atoms with Gasteiger partial charge in [-0.2, -0.15) is 4.31 Å². The highest BCUT2D eigenvalue weighted by atomic mass is 32.2. The number of pyridine rings is 1. The number of benzene rings is 1. The molecule has 1 amide bonds. The quantitative estimate of drug-likeness (QED) is 0.721. The first-order chi connectivity index (χ1) is 12.5. The maximum absolute atomic E-state index is 12.4. The zero-order chi connectivity index (χ0) is 19.0. The van der Waals surface area contributed by atoms with Crippen LogP contribution in [0.3, 0.4) is 0 Å². The zero-order valence-corrected chi connectivity index (χ0v) is 15.7. The van der Waals surface area contributed by atoms with Gasteiger partial charge in [0.1, 0.15) is 0 Å². The number of amides is 1. The second-order valence-corrected chi connectivity index (χ2v) is 7.51. The minimum absolute atomic E-state index is 0.228. The van der Waals surface area contributed by atoms with Crippen molar-refractivity contribution >= 4 is 22.0 Å². The van der Waals surface area contributed by atoms with Crippen LogP contribution in [-0.4, -0.2) is 36.7 Å². The van der Waals surface area contributed by atoms with Gasteiger partial charge in [0, 0.05) is 38.1 Å². The van der Waals surface area contributed by atoms with E-state index in [2.05, 4.69) is 10.3 Å². The van der Waals surface area contributed by atoms with Crippen molar-refractivity contribution in [2.75, 3.05) is 13.1 Å². The molecule has 2 rings (SSSR count). The molecular formula is C19H23N3O3S. The van der Waals surface area contributed by atoms with Gasteiger partial charge in [-0.05, 0) is 35.4 Å². The number of carbonyl (C=O) groups is 1. The van der Waals surface area contributed by atoms with Gasteiger partial charge in [0.05, 0.1) is 4.90 Å². The Hall–Kier alpha value is -2.51. The largest absolute Gasteiger partial charge is 0.348 e. The highest BCUT2D eigenvalue weighted by molar-refractivity contribution is 7.89. The molecule has 0 radical (unpaired) electrons. The summed E-state index contributed by atoms with van der Waals surface area (Å²) in [6.07, 6.45) is 6.46. The molecule has 0 spiro atoms. The number of aromatic nitrogens is 1. The molecule has 26 heavy (non-hydrogen) atoms. The van der Waals surface area contributed by atoms with Gasteiger partial charge in [-0.15, -0.1) is 0 Å². The zero-order valence-electron chi connectivity index (χ0n) is 14.9. The second-order valence-electron chi connectivity index (χ2n) is 5.57. The molecule has 0 aliphatic rings. The first-order valence-electron chi connectivity index (χ1n) is 8.42. The van der Waals surface area contributed by atoms with Crippen LogP contribution in [0.1, 0.15) is 25.0 Å². The minimum atomic E-state index is -3.46. The summed E-state index contributed by atoms with van der Waals surface area (Å²) in [6, 6.07) is 10.2. The minimum Gasteiger partial charge on any atom is -0.348 e. The van der Waals surface area contributed by atoms with Crippen LogP contribution in [-0.2, 0) is 21.4 Å². The van der Waals surface area contributed by atoms with E-state index in [0.717, 1.165) is 11.1 Å². The summed E-state index contributed by atoms with van der Waals surface area (Å²) >= 11 is 0. The van der Waals surface area contributed by atoms with E-state index in [0.29, 0.717) is 19.6 Å². The Bertz CT molecular complexity index is 843. The van der Waals surface area contributed by atoms with E-state index in [-0.39, 0.29) is 10.8 Å².